The Bertz CT molecular complexity index is 981. The maximum atomic E-state index is 12.6. The number of anilines is 1. The Morgan fingerprint density at radius 2 is 1.73 bits per heavy atom. The molecule has 1 fully saturated rings. The van der Waals surface area contributed by atoms with Gasteiger partial charge in [0.1, 0.15) is 0 Å². The van der Waals surface area contributed by atoms with Crippen molar-refractivity contribution in [2.24, 2.45) is 5.92 Å². The molecule has 30 heavy (non-hydrogen) atoms. The molecule has 0 unspecified atom stereocenters. The first-order valence-corrected chi connectivity index (χ1v) is 10.6. The van der Waals surface area contributed by atoms with E-state index in [0.29, 0.717) is 18.2 Å². The molecule has 4 rings (SSSR count). The molecule has 2 aromatic carbocycles. The lowest BCUT2D eigenvalue weighted by Gasteiger charge is -2.14. The van der Waals surface area contributed by atoms with E-state index in [9.17, 15) is 9.90 Å². The predicted molar refractivity (Wildman–Crippen MR) is 118 cm³/mol. The number of hydrogen-bond acceptors (Lipinski definition) is 4. The summed E-state index contributed by atoms with van der Waals surface area (Å²) >= 11 is 0. The van der Waals surface area contributed by atoms with E-state index in [1.807, 2.05) is 54.6 Å². The van der Waals surface area contributed by atoms with Crippen LogP contribution in [0.25, 0.3) is 11.3 Å². The van der Waals surface area contributed by atoms with E-state index in [0.717, 1.165) is 34.5 Å². The van der Waals surface area contributed by atoms with Crippen LogP contribution in [0, 0.1) is 5.92 Å². The van der Waals surface area contributed by atoms with Gasteiger partial charge >= 0.3 is 0 Å². The van der Waals surface area contributed by atoms with Crippen LogP contribution in [0.2, 0.25) is 0 Å². The first-order valence-electron chi connectivity index (χ1n) is 10.6. The van der Waals surface area contributed by atoms with Gasteiger partial charge in [-0.25, -0.2) is 9.97 Å². The molecule has 1 aliphatic carbocycles. The standard InChI is InChI=1S/C25H27N3O2/c29-17-20-10-12-21(13-11-20)23-16-26-25(22(27-23)14-18-8-4-5-9-18)28-24(30)15-19-6-2-1-3-7-19/h1-3,6-7,10-13,16,18,29H,4-5,8-9,14-15,17H2,(H,26,28,30). The van der Waals surface area contributed by atoms with E-state index in [-0.39, 0.29) is 12.5 Å². The predicted octanol–water partition coefficient (Wildman–Crippen LogP) is 4.55. The van der Waals surface area contributed by atoms with Crippen molar-refractivity contribution in [1.29, 1.82) is 0 Å². The summed E-state index contributed by atoms with van der Waals surface area (Å²) in [7, 11) is 0. The number of rotatable bonds is 7. The van der Waals surface area contributed by atoms with Crippen LogP contribution >= 0.6 is 0 Å². The monoisotopic (exact) mass is 401 g/mol. The van der Waals surface area contributed by atoms with Crippen LogP contribution in [-0.2, 0) is 24.2 Å². The minimum Gasteiger partial charge on any atom is -0.392 e. The maximum absolute atomic E-state index is 12.6. The van der Waals surface area contributed by atoms with Crippen LogP contribution in [-0.4, -0.2) is 21.0 Å². The van der Waals surface area contributed by atoms with E-state index in [4.69, 9.17) is 4.98 Å². The lowest BCUT2D eigenvalue weighted by molar-refractivity contribution is -0.115. The molecule has 0 saturated heterocycles. The van der Waals surface area contributed by atoms with Crippen LogP contribution in [0.15, 0.2) is 60.8 Å². The van der Waals surface area contributed by atoms with Gasteiger partial charge in [-0.3, -0.25) is 4.79 Å². The van der Waals surface area contributed by atoms with Gasteiger partial charge in [0.2, 0.25) is 5.91 Å². The van der Waals surface area contributed by atoms with Crippen molar-refractivity contribution in [3.63, 3.8) is 0 Å². The van der Waals surface area contributed by atoms with Crippen LogP contribution in [0.3, 0.4) is 0 Å². The summed E-state index contributed by atoms with van der Waals surface area (Å²) in [5.74, 6) is 1.08. The van der Waals surface area contributed by atoms with Crippen molar-refractivity contribution in [3.8, 4) is 11.3 Å². The molecule has 1 saturated carbocycles. The number of nitrogens with one attached hydrogen (secondary N) is 1. The summed E-state index contributed by atoms with van der Waals surface area (Å²) < 4.78 is 0. The largest absolute Gasteiger partial charge is 0.392 e. The van der Waals surface area contributed by atoms with Crippen LogP contribution < -0.4 is 5.32 Å². The number of aliphatic hydroxyl groups excluding tert-OH is 1. The van der Waals surface area contributed by atoms with Crippen molar-refractivity contribution in [2.75, 3.05) is 5.32 Å². The van der Waals surface area contributed by atoms with Gasteiger partial charge in [-0.1, -0.05) is 80.3 Å². The summed E-state index contributed by atoms with van der Waals surface area (Å²) in [6.07, 6.45) is 7.78. The fraction of sp³-hybridized carbons (Fsp3) is 0.320. The molecule has 154 valence electrons. The SMILES string of the molecule is O=C(Cc1ccccc1)Nc1ncc(-c2ccc(CO)cc2)nc1CC1CCCC1. The third-order valence-corrected chi connectivity index (χ3v) is 5.70. The second-order valence-electron chi connectivity index (χ2n) is 7.97. The topological polar surface area (TPSA) is 75.1 Å². The van der Waals surface area contributed by atoms with Gasteiger partial charge in [-0.15, -0.1) is 0 Å². The van der Waals surface area contributed by atoms with Gasteiger partial charge in [-0.2, -0.15) is 0 Å². The number of aliphatic hydroxyl groups is 1. The molecule has 0 radical (unpaired) electrons. The van der Waals surface area contributed by atoms with Crippen LogP contribution in [0.1, 0.15) is 42.5 Å². The molecular formula is C25H27N3O2. The van der Waals surface area contributed by atoms with Crippen LogP contribution in [0.5, 0.6) is 0 Å². The molecule has 0 aliphatic heterocycles. The zero-order chi connectivity index (χ0) is 20.8. The van der Waals surface area contributed by atoms with Gasteiger partial charge in [0.25, 0.3) is 0 Å². The highest BCUT2D eigenvalue weighted by Crippen LogP contribution is 2.30. The summed E-state index contributed by atoms with van der Waals surface area (Å²) in [5.41, 5.74) is 4.43. The molecule has 1 aromatic heterocycles. The van der Waals surface area contributed by atoms with E-state index < -0.39 is 0 Å². The van der Waals surface area contributed by atoms with Gasteiger partial charge in [-0.05, 0) is 23.5 Å². The Hall–Kier alpha value is -3.05. The third-order valence-electron chi connectivity index (χ3n) is 5.70. The fourth-order valence-electron chi connectivity index (χ4n) is 4.04. The van der Waals surface area contributed by atoms with E-state index in [1.54, 1.807) is 6.20 Å². The molecule has 0 spiro atoms. The third kappa shape index (κ3) is 5.10. The molecule has 5 heteroatoms. The van der Waals surface area contributed by atoms with Crippen molar-refractivity contribution < 1.29 is 9.90 Å². The van der Waals surface area contributed by atoms with Crippen LogP contribution in [0.4, 0.5) is 5.82 Å². The maximum Gasteiger partial charge on any atom is 0.229 e. The second-order valence-corrected chi connectivity index (χ2v) is 7.97. The number of nitrogens with zero attached hydrogens (tertiary/aromatic N) is 2. The summed E-state index contributed by atoms with van der Waals surface area (Å²) in [4.78, 5) is 22.1. The number of benzene rings is 2. The van der Waals surface area contributed by atoms with Gasteiger partial charge in [0, 0.05) is 5.56 Å². The first-order chi connectivity index (χ1) is 14.7. The summed E-state index contributed by atoms with van der Waals surface area (Å²) in [6, 6.07) is 17.4. The minimum atomic E-state index is -0.0804. The summed E-state index contributed by atoms with van der Waals surface area (Å²) in [5, 5.41) is 12.2. The number of carbonyl (C=O) groups excluding carboxylic acids is 1. The van der Waals surface area contributed by atoms with E-state index in [2.05, 4.69) is 10.3 Å². The highest BCUT2D eigenvalue weighted by atomic mass is 16.3. The zero-order valence-corrected chi connectivity index (χ0v) is 17.1. The van der Waals surface area contributed by atoms with Gasteiger partial charge < -0.3 is 10.4 Å². The average Bonchev–Trinajstić information content (AvgIpc) is 3.29. The number of carbonyl (C=O) groups is 1. The Labute approximate surface area is 177 Å². The molecule has 0 bridgehead atoms. The highest BCUT2D eigenvalue weighted by molar-refractivity contribution is 5.92. The van der Waals surface area contributed by atoms with Crippen molar-refractivity contribution >= 4 is 11.7 Å². The van der Waals surface area contributed by atoms with Crippen molar-refractivity contribution in [3.05, 3.63) is 77.6 Å². The summed E-state index contributed by atoms with van der Waals surface area (Å²) in [6.45, 7) is 0.0191. The Morgan fingerprint density at radius 3 is 2.43 bits per heavy atom. The van der Waals surface area contributed by atoms with Crippen molar-refractivity contribution in [2.45, 2.75) is 45.1 Å². The van der Waals surface area contributed by atoms with Gasteiger partial charge in [0.05, 0.1) is 30.6 Å². The molecule has 0 atom stereocenters. The smallest absolute Gasteiger partial charge is 0.229 e. The molecule has 1 amide bonds. The second kappa shape index (κ2) is 9.63. The van der Waals surface area contributed by atoms with Crippen molar-refractivity contribution in [1.82, 2.24) is 9.97 Å². The number of amides is 1. The molecule has 2 N–H and O–H groups in total. The molecular weight excluding hydrogens is 374 g/mol. The first kappa shape index (κ1) is 20.2. The molecule has 5 nitrogen and oxygen atoms in total. The highest BCUT2D eigenvalue weighted by Gasteiger charge is 2.20. The number of aromatic nitrogens is 2. The lowest BCUT2D eigenvalue weighted by atomic mass is 10.0. The minimum absolute atomic E-state index is 0.0191. The van der Waals surface area contributed by atoms with E-state index in [1.165, 1.54) is 25.7 Å². The molecule has 1 heterocycles. The number of hydrogen-bond donors (Lipinski definition) is 2. The lowest BCUT2D eigenvalue weighted by Crippen LogP contribution is -2.18. The van der Waals surface area contributed by atoms with Gasteiger partial charge in [0.15, 0.2) is 5.82 Å². The Balaban J connectivity index is 1.57. The Morgan fingerprint density at radius 1 is 1.00 bits per heavy atom. The average molecular weight is 402 g/mol. The van der Waals surface area contributed by atoms with E-state index >= 15 is 0 Å². The quantitative estimate of drug-likeness (QED) is 0.609. The normalized spacial score (nSPS) is 14.0. The fourth-order valence-corrected chi connectivity index (χ4v) is 4.04. The zero-order valence-electron chi connectivity index (χ0n) is 17.1. The molecule has 1 aliphatic rings. The Kier molecular flexibility index (Phi) is 6.50. The molecule has 3 aromatic rings.